The van der Waals surface area contributed by atoms with Gasteiger partial charge in [0.1, 0.15) is 17.8 Å². The van der Waals surface area contributed by atoms with Crippen molar-refractivity contribution in [2.24, 2.45) is 5.41 Å². The van der Waals surface area contributed by atoms with Gasteiger partial charge in [0.05, 0.1) is 39.4 Å². The molecule has 0 saturated carbocycles. The predicted octanol–water partition coefficient (Wildman–Crippen LogP) is 4.17. The highest BCUT2D eigenvalue weighted by atomic mass is 32.1. The SMILES string of the molecule is Cc1ncsc1-c1ccc([C@H](C)NC(=O)[C@@H]2C[C@@H](O)CN2C(=O)[C@@H](NC(=O)COc2ccc(B3OC(C)(C)C(C)(C)O3)cc2)C(C)(C)C)cc1. The number of hydrogen-bond donors (Lipinski definition) is 3. The molecular weight excluding hydrogens is 655 g/mol. The summed E-state index contributed by atoms with van der Waals surface area (Å²) < 4.78 is 18.0. The number of aliphatic hydroxyl groups is 1. The molecule has 50 heavy (non-hydrogen) atoms. The van der Waals surface area contributed by atoms with Crippen molar-refractivity contribution in [3.63, 3.8) is 0 Å². The van der Waals surface area contributed by atoms with E-state index in [4.69, 9.17) is 14.0 Å². The number of aliphatic hydroxyl groups excluding tert-OH is 1. The number of aryl methyl sites for hydroxylation is 1. The van der Waals surface area contributed by atoms with E-state index >= 15 is 0 Å². The Hall–Kier alpha value is -3.78. The van der Waals surface area contributed by atoms with Crippen LogP contribution in [0.5, 0.6) is 5.75 Å². The highest BCUT2D eigenvalue weighted by molar-refractivity contribution is 7.13. The van der Waals surface area contributed by atoms with Gasteiger partial charge in [0.25, 0.3) is 5.91 Å². The Bertz CT molecular complexity index is 1670. The van der Waals surface area contributed by atoms with Gasteiger partial charge in [-0.2, -0.15) is 0 Å². The quantitative estimate of drug-likeness (QED) is 0.268. The molecule has 2 aliphatic rings. The third-order valence-electron chi connectivity index (χ3n) is 9.84. The summed E-state index contributed by atoms with van der Waals surface area (Å²) in [5.74, 6) is -0.817. The number of carbonyl (C=O) groups is 3. The summed E-state index contributed by atoms with van der Waals surface area (Å²) in [5, 5.41) is 16.4. The maximum absolute atomic E-state index is 14.0. The van der Waals surface area contributed by atoms with Crippen molar-refractivity contribution in [1.29, 1.82) is 0 Å². The molecule has 11 nitrogen and oxygen atoms in total. The summed E-state index contributed by atoms with van der Waals surface area (Å²) in [4.78, 5) is 47.5. The van der Waals surface area contributed by atoms with Crippen LogP contribution in [0.2, 0.25) is 0 Å². The Labute approximate surface area is 299 Å². The molecule has 0 bridgehead atoms. The smallest absolute Gasteiger partial charge is 0.484 e. The molecule has 3 aromatic rings. The molecule has 0 spiro atoms. The van der Waals surface area contributed by atoms with Crippen LogP contribution in [0.15, 0.2) is 54.0 Å². The largest absolute Gasteiger partial charge is 0.494 e. The van der Waals surface area contributed by atoms with E-state index in [1.54, 1.807) is 23.5 Å². The molecule has 2 aromatic carbocycles. The van der Waals surface area contributed by atoms with Crippen LogP contribution in [0.1, 0.15) is 79.1 Å². The molecule has 0 aliphatic carbocycles. The van der Waals surface area contributed by atoms with Gasteiger partial charge in [-0.3, -0.25) is 14.4 Å². The highest BCUT2D eigenvalue weighted by Crippen LogP contribution is 2.36. The van der Waals surface area contributed by atoms with E-state index in [2.05, 4.69) is 15.6 Å². The summed E-state index contributed by atoms with van der Waals surface area (Å²) >= 11 is 1.58. The van der Waals surface area contributed by atoms with E-state index in [1.165, 1.54) is 4.90 Å². The number of nitrogens with zero attached hydrogens (tertiary/aromatic N) is 2. The zero-order valence-electron chi connectivity index (χ0n) is 30.4. The van der Waals surface area contributed by atoms with Crippen LogP contribution in [0.25, 0.3) is 10.4 Å². The van der Waals surface area contributed by atoms with E-state index in [0.717, 1.165) is 27.2 Å². The molecule has 3 heterocycles. The third kappa shape index (κ3) is 8.23. The molecule has 13 heteroatoms. The van der Waals surface area contributed by atoms with E-state index in [1.807, 2.05) is 104 Å². The van der Waals surface area contributed by atoms with Gasteiger partial charge in [-0.15, -0.1) is 11.3 Å². The van der Waals surface area contributed by atoms with Gasteiger partial charge in [0.15, 0.2) is 6.61 Å². The van der Waals surface area contributed by atoms with E-state index < -0.39 is 53.7 Å². The molecule has 5 rings (SSSR count). The lowest BCUT2D eigenvalue weighted by Crippen LogP contribution is -2.58. The van der Waals surface area contributed by atoms with Crippen molar-refractivity contribution in [2.75, 3.05) is 13.2 Å². The topological polar surface area (TPSA) is 139 Å². The van der Waals surface area contributed by atoms with Crippen molar-refractivity contribution in [1.82, 2.24) is 20.5 Å². The molecule has 0 unspecified atom stereocenters. The summed E-state index contributed by atoms with van der Waals surface area (Å²) in [7, 11) is -0.514. The van der Waals surface area contributed by atoms with Crippen molar-refractivity contribution in [3.8, 4) is 16.2 Å². The highest BCUT2D eigenvalue weighted by Gasteiger charge is 2.51. The van der Waals surface area contributed by atoms with Crippen LogP contribution in [0.3, 0.4) is 0 Å². The normalized spacial score (nSPS) is 21.1. The van der Waals surface area contributed by atoms with Gasteiger partial charge in [-0.25, -0.2) is 4.98 Å². The van der Waals surface area contributed by atoms with Gasteiger partial charge >= 0.3 is 7.12 Å². The number of aromatic nitrogens is 1. The number of thiazole rings is 1. The summed E-state index contributed by atoms with van der Waals surface area (Å²) in [6.45, 7) is 17.0. The lowest BCUT2D eigenvalue weighted by atomic mass is 9.79. The molecule has 3 N–H and O–H groups in total. The number of benzene rings is 2. The lowest BCUT2D eigenvalue weighted by molar-refractivity contribution is -0.144. The number of ether oxygens (including phenoxy) is 1. The average molecular weight is 705 g/mol. The van der Waals surface area contributed by atoms with Crippen LogP contribution >= 0.6 is 11.3 Å². The summed E-state index contributed by atoms with van der Waals surface area (Å²) in [6.07, 6.45) is -0.768. The fourth-order valence-corrected chi connectivity index (χ4v) is 6.88. The predicted molar refractivity (Wildman–Crippen MR) is 194 cm³/mol. The van der Waals surface area contributed by atoms with Crippen LogP contribution in [-0.4, -0.2) is 82.4 Å². The fourth-order valence-electron chi connectivity index (χ4n) is 6.07. The molecule has 2 saturated heterocycles. The molecule has 3 amide bonds. The number of likely N-dealkylation sites (tertiary alicyclic amines) is 1. The molecule has 4 atom stereocenters. The second-order valence-corrected chi connectivity index (χ2v) is 16.2. The number of β-amino-alcohol motifs (C(OH)–C–C–N with tert-alkyl or cyclic N) is 1. The molecule has 0 radical (unpaired) electrons. The Morgan fingerprint density at radius 2 is 1.66 bits per heavy atom. The minimum atomic E-state index is -0.967. The fraction of sp³-hybridized carbons (Fsp3) is 0.514. The average Bonchev–Trinajstić information content (AvgIpc) is 3.72. The number of amides is 3. The Morgan fingerprint density at radius 3 is 2.22 bits per heavy atom. The Morgan fingerprint density at radius 1 is 1.04 bits per heavy atom. The van der Waals surface area contributed by atoms with E-state index in [0.29, 0.717) is 5.75 Å². The monoisotopic (exact) mass is 704 g/mol. The first-order chi connectivity index (χ1) is 23.4. The van der Waals surface area contributed by atoms with E-state index in [-0.39, 0.29) is 31.5 Å². The number of hydrogen-bond acceptors (Lipinski definition) is 9. The van der Waals surface area contributed by atoms with Crippen molar-refractivity contribution in [2.45, 2.75) is 104 Å². The Kier molecular flexibility index (Phi) is 10.8. The molecular formula is C37H49BN4O7S. The molecule has 1 aromatic heterocycles. The standard InChI is InChI=1S/C37H49BN4O7S/c1-22(24-10-12-25(13-11-24)31-23(2)39-21-50-31)40-33(45)29-18-27(43)19-42(29)34(46)32(35(3,4)5)41-30(44)20-47-28-16-14-26(15-17-28)38-48-36(6,7)37(8,9)49-38/h10-17,21-22,27,29,32,43H,18-20H2,1-9H3,(H,40,45)(H,41,44)/t22-,27+,29-,32+/m0/s1. The zero-order valence-corrected chi connectivity index (χ0v) is 31.2. The maximum Gasteiger partial charge on any atom is 0.494 e. The zero-order chi connectivity index (χ0) is 36.6. The minimum Gasteiger partial charge on any atom is -0.484 e. The van der Waals surface area contributed by atoms with Crippen LogP contribution in [0.4, 0.5) is 0 Å². The number of carbonyl (C=O) groups excluding carboxylic acids is 3. The van der Waals surface area contributed by atoms with Gasteiger partial charge in [0.2, 0.25) is 11.8 Å². The molecule has 268 valence electrons. The minimum absolute atomic E-state index is 0.0116. The first-order valence-corrected chi connectivity index (χ1v) is 17.9. The number of rotatable bonds is 10. The van der Waals surface area contributed by atoms with Gasteiger partial charge in [0, 0.05) is 13.0 Å². The van der Waals surface area contributed by atoms with Crippen LogP contribution < -0.4 is 20.8 Å². The second-order valence-electron chi connectivity index (χ2n) is 15.3. The van der Waals surface area contributed by atoms with Gasteiger partial charge in [-0.1, -0.05) is 57.2 Å². The Balaban J connectivity index is 1.19. The van der Waals surface area contributed by atoms with E-state index in [9.17, 15) is 19.5 Å². The van der Waals surface area contributed by atoms with Gasteiger partial charge < -0.3 is 34.7 Å². The molecule has 2 fully saturated rings. The summed E-state index contributed by atoms with van der Waals surface area (Å²) in [6, 6.07) is 12.9. The lowest BCUT2D eigenvalue weighted by Gasteiger charge is -2.35. The van der Waals surface area contributed by atoms with Crippen molar-refractivity contribution in [3.05, 3.63) is 65.3 Å². The van der Waals surface area contributed by atoms with Crippen LogP contribution in [-0.2, 0) is 23.7 Å². The second kappa shape index (κ2) is 14.5. The maximum atomic E-state index is 14.0. The van der Waals surface area contributed by atoms with Crippen molar-refractivity contribution < 1.29 is 33.5 Å². The van der Waals surface area contributed by atoms with Crippen LogP contribution in [0, 0.1) is 12.3 Å². The molecule has 2 aliphatic heterocycles. The number of nitrogens with one attached hydrogen (secondary N) is 2. The van der Waals surface area contributed by atoms with Crippen molar-refractivity contribution >= 4 is 41.6 Å². The summed E-state index contributed by atoms with van der Waals surface area (Å²) in [5.41, 5.74) is 3.96. The van der Waals surface area contributed by atoms with Gasteiger partial charge in [-0.05, 0) is 75.7 Å². The third-order valence-corrected chi connectivity index (χ3v) is 10.8. The first-order valence-electron chi connectivity index (χ1n) is 17.0. The first kappa shape index (κ1) is 37.5.